The lowest BCUT2D eigenvalue weighted by molar-refractivity contribution is -0.122. The average molecular weight is 465 g/mol. The summed E-state index contributed by atoms with van der Waals surface area (Å²) in [5, 5.41) is 12.5. The van der Waals surface area contributed by atoms with E-state index in [0.29, 0.717) is 25.6 Å². The number of hydrogen-bond donors (Lipinski definition) is 3. The lowest BCUT2D eigenvalue weighted by atomic mass is 10.2. The second-order valence-corrected chi connectivity index (χ2v) is 6.95. The summed E-state index contributed by atoms with van der Waals surface area (Å²) in [4.78, 5) is 20.7. The summed E-state index contributed by atoms with van der Waals surface area (Å²) >= 11 is 1.65. The van der Waals surface area contributed by atoms with Gasteiger partial charge in [-0.2, -0.15) is 0 Å². The molecule has 1 amide bonds. The van der Waals surface area contributed by atoms with E-state index in [1.54, 1.807) is 11.3 Å². The molecule has 3 N–H and O–H groups in total. The fourth-order valence-electron chi connectivity index (χ4n) is 2.01. The number of amides is 1. The minimum atomic E-state index is 0. The Morgan fingerprint density at radius 3 is 2.62 bits per heavy atom. The third-order valence-electron chi connectivity index (χ3n) is 3.54. The highest BCUT2D eigenvalue weighted by Crippen LogP contribution is 2.28. The molecule has 2 rings (SSSR count). The van der Waals surface area contributed by atoms with E-state index in [1.807, 2.05) is 6.92 Å². The molecule has 0 atom stereocenters. The molecular formula is C16H28IN5OS. The van der Waals surface area contributed by atoms with E-state index in [0.717, 1.165) is 36.0 Å². The Morgan fingerprint density at radius 2 is 2.04 bits per heavy atom. The predicted octanol–water partition coefficient (Wildman–Crippen LogP) is 2.47. The highest BCUT2D eigenvalue weighted by atomic mass is 127. The van der Waals surface area contributed by atoms with Crippen LogP contribution in [0.1, 0.15) is 50.2 Å². The van der Waals surface area contributed by atoms with Gasteiger partial charge in [-0.05, 0) is 25.7 Å². The number of carbonyl (C=O) groups excluding carboxylic acids is 1. The Balaban J connectivity index is 0.00000288. The maximum absolute atomic E-state index is 11.6. The maximum atomic E-state index is 11.6. The molecule has 0 aliphatic heterocycles. The molecule has 0 unspecified atom stereocenters. The van der Waals surface area contributed by atoms with Gasteiger partial charge < -0.3 is 16.0 Å². The fraction of sp³-hybridized carbons (Fsp3) is 0.688. The van der Waals surface area contributed by atoms with Gasteiger partial charge in [0.15, 0.2) is 5.96 Å². The van der Waals surface area contributed by atoms with Gasteiger partial charge in [0.25, 0.3) is 0 Å². The van der Waals surface area contributed by atoms with Crippen LogP contribution in [0.15, 0.2) is 10.4 Å². The molecular weight excluding hydrogens is 437 g/mol. The Hall–Kier alpha value is -0.900. The number of rotatable bonds is 8. The van der Waals surface area contributed by atoms with Gasteiger partial charge in [0.1, 0.15) is 5.01 Å². The van der Waals surface area contributed by atoms with Crippen LogP contribution in [0.5, 0.6) is 0 Å². The van der Waals surface area contributed by atoms with Crippen molar-refractivity contribution in [2.75, 3.05) is 19.6 Å². The summed E-state index contributed by atoms with van der Waals surface area (Å²) in [7, 11) is 0. The smallest absolute Gasteiger partial charge is 0.223 e. The van der Waals surface area contributed by atoms with E-state index in [-0.39, 0.29) is 35.8 Å². The van der Waals surface area contributed by atoms with Crippen molar-refractivity contribution in [1.82, 2.24) is 20.9 Å². The summed E-state index contributed by atoms with van der Waals surface area (Å²) in [5.74, 6) is 1.65. The van der Waals surface area contributed by atoms with E-state index in [2.05, 4.69) is 45.2 Å². The highest BCUT2D eigenvalue weighted by molar-refractivity contribution is 14.0. The summed E-state index contributed by atoms with van der Waals surface area (Å²) < 4.78 is 0. The monoisotopic (exact) mass is 465 g/mol. The number of aromatic nitrogens is 1. The lowest BCUT2D eigenvalue weighted by Crippen LogP contribution is -2.41. The first-order valence-corrected chi connectivity index (χ1v) is 9.22. The molecule has 0 radical (unpaired) electrons. The molecule has 136 valence electrons. The quantitative estimate of drug-likeness (QED) is 0.239. The van der Waals surface area contributed by atoms with Gasteiger partial charge in [-0.15, -0.1) is 35.3 Å². The van der Waals surface area contributed by atoms with Crippen LogP contribution in [0.4, 0.5) is 0 Å². The zero-order chi connectivity index (χ0) is 16.7. The van der Waals surface area contributed by atoms with Gasteiger partial charge in [-0.3, -0.25) is 4.79 Å². The third-order valence-corrected chi connectivity index (χ3v) is 4.39. The number of guanidine groups is 1. The van der Waals surface area contributed by atoms with Gasteiger partial charge in [-0.1, -0.05) is 13.8 Å². The summed E-state index contributed by atoms with van der Waals surface area (Å²) in [6, 6.07) is 0. The second-order valence-electron chi connectivity index (χ2n) is 6.01. The molecule has 0 bridgehead atoms. The molecule has 24 heavy (non-hydrogen) atoms. The summed E-state index contributed by atoms with van der Waals surface area (Å²) in [6.07, 6.45) is 2.07. The first-order valence-electron chi connectivity index (χ1n) is 8.34. The minimum absolute atomic E-state index is 0. The lowest BCUT2D eigenvalue weighted by Gasteiger charge is -2.11. The van der Waals surface area contributed by atoms with Gasteiger partial charge in [0.05, 0.1) is 12.2 Å². The number of thiazole rings is 1. The standard InChI is InChI=1S/C16H27N5OS.HI/c1-4-17-16(19-8-7-18-15(22)12-5-6-12)20-9-14-21-13(10-23-14)11(2)3;/h10-12H,4-9H2,1-3H3,(H,18,22)(H2,17,19,20);1H. The van der Waals surface area contributed by atoms with Crippen LogP contribution < -0.4 is 16.0 Å². The Bertz CT molecular complexity index is 542. The molecule has 1 heterocycles. The van der Waals surface area contributed by atoms with E-state index >= 15 is 0 Å². The van der Waals surface area contributed by atoms with Crippen LogP contribution in [-0.2, 0) is 11.3 Å². The molecule has 1 aliphatic rings. The molecule has 1 fully saturated rings. The Kier molecular flexibility index (Phi) is 9.57. The first kappa shape index (κ1) is 21.1. The largest absolute Gasteiger partial charge is 0.357 e. The molecule has 1 saturated carbocycles. The van der Waals surface area contributed by atoms with Gasteiger partial charge in [0, 0.05) is 30.9 Å². The van der Waals surface area contributed by atoms with Crippen molar-refractivity contribution < 1.29 is 4.79 Å². The van der Waals surface area contributed by atoms with Gasteiger partial charge in [-0.25, -0.2) is 9.98 Å². The molecule has 6 nitrogen and oxygen atoms in total. The van der Waals surface area contributed by atoms with Crippen molar-refractivity contribution in [1.29, 1.82) is 0 Å². The van der Waals surface area contributed by atoms with Crippen LogP contribution in [0.2, 0.25) is 0 Å². The number of hydrogen-bond acceptors (Lipinski definition) is 4. The number of aliphatic imine (C=N–C) groups is 1. The number of halogens is 1. The SMILES string of the molecule is CCNC(=NCc1nc(C(C)C)cs1)NCCNC(=O)C1CC1.I. The molecule has 1 aromatic heterocycles. The molecule has 1 aliphatic carbocycles. The topological polar surface area (TPSA) is 78.4 Å². The molecule has 0 saturated heterocycles. The molecule has 8 heteroatoms. The van der Waals surface area contributed by atoms with Crippen LogP contribution >= 0.6 is 35.3 Å². The van der Waals surface area contributed by atoms with E-state index in [1.165, 1.54) is 0 Å². The summed E-state index contributed by atoms with van der Waals surface area (Å²) in [6.45, 7) is 8.98. The average Bonchev–Trinajstić information content (AvgIpc) is 3.27. The van der Waals surface area contributed by atoms with Crippen molar-refractivity contribution in [3.05, 3.63) is 16.1 Å². The number of carbonyl (C=O) groups is 1. The molecule has 1 aromatic rings. The van der Waals surface area contributed by atoms with Gasteiger partial charge in [0.2, 0.25) is 5.91 Å². The van der Waals surface area contributed by atoms with E-state index in [9.17, 15) is 4.79 Å². The van der Waals surface area contributed by atoms with E-state index in [4.69, 9.17) is 0 Å². The zero-order valence-corrected chi connectivity index (χ0v) is 17.7. The number of nitrogens with one attached hydrogen (secondary N) is 3. The normalized spacial score (nSPS) is 14.2. The highest BCUT2D eigenvalue weighted by Gasteiger charge is 2.28. The Labute approximate surface area is 165 Å². The van der Waals surface area contributed by atoms with Crippen molar-refractivity contribution in [3.63, 3.8) is 0 Å². The van der Waals surface area contributed by atoms with Crippen LogP contribution in [-0.4, -0.2) is 36.5 Å². The van der Waals surface area contributed by atoms with Crippen LogP contribution in [0.3, 0.4) is 0 Å². The first-order chi connectivity index (χ1) is 11.1. The van der Waals surface area contributed by atoms with Crippen molar-refractivity contribution in [3.8, 4) is 0 Å². The zero-order valence-electron chi connectivity index (χ0n) is 14.6. The maximum Gasteiger partial charge on any atom is 0.223 e. The van der Waals surface area contributed by atoms with Crippen molar-refractivity contribution in [2.24, 2.45) is 10.9 Å². The third kappa shape index (κ3) is 7.33. The van der Waals surface area contributed by atoms with Crippen LogP contribution in [0.25, 0.3) is 0 Å². The van der Waals surface area contributed by atoms with Crippen molar-refractivity contribution in [2.45, 2.75) is 46.1 Å². The van der Waals surface area contributed by atoms with Gasteiger partial charge >= 0.3 is 0 Å². The Morgan fingerprint density at radius 1 is 1.33 bits per heavy atom. The number of nitrogens with zero attached hydrogens (tertiary/aromatic N) is 2. The minimum Gasteiger partial charge on any atom is -0.357 e. The second kappa shape index (κ2) is 10.9. The fourth-order valence-corrected chi connectivity index (χ4v) is 2.89. The van der Waals surface area contributed by atoms with Crippen LogP contribution in [0, 0.1) is 5.92 Å². The summed E-state index contributed by atoms with van der Waals surface area (Å²) in [5.41, 5.74) is 1.13. The molecule has 0 spiro atoms. The molecule has 0 aromatic carbocycles. The predicted molar refractivity (Wildman–Crippen MR) is 110 cm³/mol. The van der Waals surface area contributed by atoms with Crippen molar-refractivity contribution >= 4 is 47.2 Å². The van der Waals surface area contributed by atoms with E-state index < -0.39 is 0 Å².